The SMILES string of the molecule is O=C(O)CCCNS(=O)(=O)N1CCOCC1. The van der Waals surface area contributed by atoms with Crippen LogP contribution in [0.2, 0.25) is 0 Å². The van der Waals surface area contributed by atoms with E-state index in [0.29, 0.717) is 32.7 Å². The number of nitrogens with one attached hydrogen (secondary N) is 1. The van der Waals surface area contributed by atoms with Crippen LogP contribution in [0.25, 0.3) is 0 Å². The van der Waals surface area contributed by atoms with Crippen LogP contribution in [0, 0.1) is 0 Å². The highest BCUT2D eigenvalue weighted by Gasteiger charge is 2.23. The van der Waals surface area contributed by atoms with Crippen molar-refractivity contribution in [3.63, 3.8) is 0 Å². The van der Waals surface area contributed by atoms with Crippen LogP contribution >= 0.6 is 0 Å². The fourth-order valence-electron chi connectivity index (χ4n) is 1.32. The number of morpholine rings is 1. The number of carbonyl (C=O) groups is 1. The molecule has 2 N–H and O–H groups in total. The molecule has 0 aromatic rings. The molecule has 16 heavy (non-hydrogen) atoms. The smallest absolute Gasteiger partial charge is 0.303 e. The summed E-state index contributed by atoms with van der Waals surface area (Å²) in [5.74, 6) is -0.925. The van der Waals surface area contributed by atoms with Gasteiger partial charge in [0.15, 0.2) is 0 Å². The van der Waals surface area contributed by atoms with E-state index in [1.165, 1.54) is 4.31 Å². The Bertz CT molecular complexity index is 323. The van der Waals surface area contributed by atoms with Gasteiger partial charge in [-0.25, -0.2) is 4.72 Å². The number of hydrogen-bond acceptors (Lipinski definition) is 4. The Morgan fingerprint density at radius 3 is 2.56 bits per heavy atom. The van der Waals surface area contributed by atoms with Gasteiger partial charge in [-0.3, -0.25) is 4.79 Å². The first kappa shape index (κ1) is 13.4. The van der Waals surface area contributed by atoms with E-state index >= 15 is 0 Å². The Hall–Kier alpha value is -0.700. The second kappa shape index (κ2) is 6.14. The fraction of sp³-hybridized carbons (Fsp3) is 0.875. The van der Waals surface area contributed by atoms with Crippen LogP contribution in [0.1, 0.15) is 12.8 Å². The monoisotopic (exact) mass is 252 g/mol. The minimum Gasteiger partial charge on any atom is -0.481 e. The van der Waals surface area contributed by atoms with Crippen LogP contribution in [0.3, 0.4) is 0 Å². The largest absolute Gasteiger partial charge is 0.481 e. The first-order valence-electron chi connectivity index (χ1n) is 5.06. The van der Waals surface area contributed by atoms with Crippen LogP contribution in [-0.4, -0.2) is 56.6 Å². The average Bonchev–Trinajstić information content (AvgIpc) is 2.26. The van der Waals surface area contributed by atoms with Crippen molar-refractivity contribution < 1.29 is 23.1 Å². The molecule has 1 fully saturated rings. The van der Waals surface area contributed by atoms with Gasteiger partial charge in [-0.15, -0.1) is 0 Å². The number of hydrogen-bond donors (Lipinski definition) is 2. The van der Waals surface area contributed by atoms with Gasteiger partial charge in [0, 0.05) is 26.1 Å². The van der Waals surface area contributed by atoms with Gasteiger partial charge in [-0.2, -0.15) is 12.7 Å². The molecule has 0 bridgehead atoms. The maximum Gasteiger partial charge on any atom is 0.303 e. The molecule has 0 saturated carbocycles. The van der Waals surface area contributed by atoms with Gasteiger partial charge in [0.25, 0.3) is 10.2 Å². The minimum atomic E-state index is -3.47. The van der Waals surface area contributed by atoms with E-state index in [2.05, 4.69) is 4.72 Å². The maximum absolute atomic E-state index is 11.6. The second-order valence-electron chi connectivity index (χ2n) is 3.41. The van der Waals surface area contributed by atoms with E-state index in [0.717, 1.165) is 0 Å². The number of carboxylic acids is 1. The maximum atomic E-state index is 11.6. The Balaban J connectivity index is 2.30. The van der Waals surface area contributed by atoms with Crippen LogP contribution in [0.5, 0.6) is 0 Å². The predicted molar refractivity (Wildman–Crippen MR) is 56.2 cm³/mol. The summed E-state index contributed by atoms with van der Waals surface area (Å²) < 4.78 is 32.0. The van der Waals surface area contributed by atoms with E-state index in [4.69, 9.17) is 9.84 Å². The van der Waals surface area contributed by atoms with Crippen molar-refractivity contribution in [2.45, 2.75) is 12.8 Å². The zero-order valence-corrected chi connectivity index (χ0v) is 9.70. The summed E-state index contributed by atoms with van der Waals surface area (Å²) in [6.07, 6.45) is 0.254. The van der Waals surface area contributed by atoms with Gasteiger partial charge in [0.1, 0.15) is 0 Å². The summed E-state index contributed by atoms with van der Waals surface area (Å²) >= 11 is 0. The molecule has 0 unspecified atom stereocenters. The number of rotatable bonds is 6. The zero-order chi connectivity index (χ0) is 12.0. The molecule has 1 aliphatic heterocycles. The minimum absolute atomic E-state index is 0.0361. The van der Waals surface area contributed by atoms with Crippen molar-refractivity contribution in [2.24, 2.45) is 0 Å². The molecule has 0 amide bonds. The normalized spacial score (nSPS) is 18.5. The van der Waals surface area contributed by atoms with Crippen LogP contribution < -0.4 is 4.72 Å². The molecule has 1 rings (SSSR count). The molecule has 8 heteroatoms. The zero-order valence-electron chi connectivity index (χ0n) is 8.89. The topological polar surface area (TPSA) is 95.9 Å². The number of aliphatic carboxylic acids is 1. The van der Waals surface area contributed by atoms with E-state index in [9.17, 15) is 13.2 Å². The molecule has 0 aromatic carbocycles. The second-order valence-corrected chi connectivity index (χ2v) is 5.16. The van der Waals surface area contributed by atoms with E-state index in [-0.39, 0.29) is 13.0 Å². The van der Waals surface area contributed by atoms with E-state index in [1.54, 1.807) is 0 Å². The lowest BCUT2D eigenvalue weighted by Gasteiger charge is -2.25. The first-order valence-corrected chi connectivity index (χ1v) is 6.50. The highest BCUT2D eigenvalue weighted by Crippen LogP contribution is 2.02. The molecular formula is C8H16N2O5S. The van der Waals surface area contributed by atoms with Crippen molar-refractivity contribution in [1.82, 2.24) is 9.03 Å². The highest BCUT2D eigenvalue weighted by molar-refractivity contribution is 7.87. The van der Waals surface area contributed by atoms with Crippen LogP contribution in [-0.2, 0) is 19.7 Å². The van der Waals surface area contributed by atoms with Crippen molar-refractivity contribution in [1.29, 1.82) is 0 Å². The van der Waals surface area contributed by atoms with Crippen molar-refractivity contribution in [3.8, 4) is 0 Å². The third kappa shape index (κ3) is 4.44. The van der Waals surface area contributed by atoms with Gasteiger partial charge in [-0.05, 0) is 6.42 Å². The van der Waals surface area contributed by atoms with Crippen molar-refractivity contribution in [2.75, 3.05) is 32.8 Å². The highest BCUT2D eigenvalue weighted by atomic mass is 32.2. The molecule has 7 nitrogen and oxygen atoms in total. The third-order valence-electron chi connectivity index (χ3n) is 2.16. The van der Waals surface area contributed by atoms with E-state index in [1.807, 2.05) is 0 Å². The number of ether oxygens (including phenoxy) is 1. The third-order valence-corrected chi connectivity index (χ3v) is 3.78. The summed E-state index contributed by atoms with van der Waals surface area (Å²) in [6.45, 7) is 1.63. The Morgan fingerprint density at radius 2 is 2.00 bits per heavy atom. The Morgan fingerprint density at radius 1 is 1.38 bits per heavy atom. The summed E-state index contributed by atoms with van der Waals surface area (Å²) in [4.78, 5) is 10.2. The lowest BCUT2D eigenvalue weighted by atomic mass is 10.3. The molecule has 1 saturated heterocycles. The Labute approximate surface area is 94.6 Å². The molecule has 1 heterocycles. The van der Waals surface area contributed by atoms with Crippen molar-refractivity contribution in [3.05, 3.63) is 0 Å². The molecule has 0 spiro atoms. The molecule has 0 aliphatic carbocycles. The molecule has 0 atom stereocenters. The summed E-state index contributed by atoms with van der Waals surface area (Å²) in [5.41, 5.74) is 0. The molecular weight excluding hydrogens is 236 g/mol. The van der Waals surface area contributed by atoms with Crippen LogP contribution in [0.4, 0.5) is 0 Å². The van der Waals surface area contributed by atoms with Gasteiger partial charge in [0.05, 0.1) is 13.2 Å². The summed E-state index contributed by atoms with van der Waals surface area (Å²) in [6, 6.07) is 0. The Kier molecular flexibility index (Phi) is 5.13. The van der Waals surface area contributed by atoms with Gasteiger partial charge in [-0.1, -0.05) is 0 Å². The fourth-order valence-corrected chi connectivity index (χ4v) is 2.53. The molecule has 1 aliphatic rings. The molecule has 0 aromatic heterocycles. The summed E-state index contributed by atoms with van der Waals surface area (Å²) in [7, 11) is -3.47. The van der Waals surface area contributed by atoms with Gasteiger partial charge < -0.3 is 9.84 Å². The predicted octanol–water partition coefficient (Wildman–Crippen LogP) is -0.982. The quantitative estimate of drug-likeness (QED) is 0.592. The lowest BCUT2D eigenvalue weighted by molar-refractivity contribution is -0.137. The molecule has 0 radical (unpaired) electrons. The lowest BCUT2D eigenvalue weighted by Crippen LogP contribution is -2.46. The molecule has 94 valence electrons. The number of carboxylic acid groups (broad SMARTS) is 1. The van der Waals surface area contributed by atoms with Crippen molar-refractivity contribution >= 4 is 16.2 Å². The average molecular weight is 252 g/mol. The van der Waals surface area contributed by atoms with Gasteiger partial charge in [0.2, 0.25) is 0 Å². The van der Waals surface area contributed by atoms with Gasteiger partial charge >= 0.3 is 5.97 Å². The summed E-state index contributed by atoms with van der Waals surface area (Å²) in [5, 5.41) is 8.39. The first-order chi connectivity index (χ1) is 7.52. The van der Waals surface area contributed by atoms with Crippen LogP contribution in [0.15, 0.2) is 0 Å². The standard InChI is InChI=1S/C8H16N2O5S/c11-8(12)2-1-3-9-16(13,14)10-4-6-15-7-5-10/h9H,1-7H2,(H,11,12). The van der Waals surface area contributed by atoms with E-state index < -0.39 is 16.2 Å². The number of nitrogens with zero attached hydrogens (tertiary/aromatic N) is 1.